The molecule has 1 unspecified atom stereocenters. The van der Waals surface area contributed by atoms with Crippen molar-refractivity contribution in [2.45, 2.75) is 12.6 Å². The zero-order valence-electron chi connectivity index (χ0n) is 11.0. The van der Waals surface area contributed by atoms with Crippen molar-refractivity contribution in [1.29, 1.82) is 0 Å². The number of benzene rings is 1. The zero-order valence-corrected chi connectivity index (χ0v) is 13.2. The summed E-state index contributed by atoms with van der Waals surface area (Å²) in [6.07, 6.45) is 0. The molecule has 1 aromatic rings. The highest BCUT2D eigenvalue weighted by Crippen LogP contribution is 2.07. The molecule has 2 rings (SSSR count). The molecule has 1 aromatic carbocycles. The third-order valence-corrected chi connectivity index (χ3v) is 3.59. The fraction of sp³-hybridized carbons (Fsp3) is 0.429. The number of nitrogens with zero attached hydrogens (tertiary/aromatic N) is 1. The van der Waals surface area contributed by atoms with Crippen LogP contribution in [0.5, 0.6) is 0 Å². The van der Waals surface area contributed by atoms with E-state index in [0.29, 0.717) is 19.6 Å². The molecule has 0 radical (unpaired) electrons. The number of hydrogen-bond acceptors (Lipinski definition) is 4. The van der Waals surface area contributed by atoms with E-state index >= 15 is 0 Å². The van der Waals surface area contributed by atoms with Crippen LogP contribution in [0, 0.1) is 0 Å². The van der Waals surface area contributed by atoms with Gasteiger partial charge < -0.3 is 9.64 Å². The van der Waals surface area contributed by atoms with Gasteiger partial charge in [0.15, 0.2) is 6.04 Å². The van der Waals surface area contributed by atoms with E-state index in [2.05, 4.69) is 27.9 Å². The highest BCUT2D eigenvalue weighted by molar-refractivity contribution is 14.1. The maximum atomic E-state index is 12.1. The molecular weight excluding hydrogens is 371 g/mol. The second-order valence-corrected chi connectivity index (χ2v) is 5.57. The lowest BCUT2D eigenvalue weighted by Gasteiger charge is -2.31. The second kappa shape index (κ2) is 7.58. The summed E-state index contributed by atoms with van der Waals surface area (Å²) in [6.45, 7) is 2.12. The lowest BCUT2D eigenvalue weighted by atomic mass is 10.2. The molecule has 1 atom stereocenters. The molecule has 0 spiro atoms. The minimum absolute atomic E-state index is 0.189. The number of ether oxygens (including phenoxy) is 1. The van der Waals surface area contributed by atoms with Gasteiger partial charge in [-0.25, -0.2) is 4.79 Å². The smallest absolute Gasteiger partial charge is 0.333 e. The molecule has 0 aromatic heterocycles. The van der Waals surface area contributed by atoms with Gasteiger partial charge in [-0.3, -0.25) is 10.1 Å². The van der Waals surface area contributed by atoms with Crippen molar-refractivity contribution in [3.05, 3.63) is 35.9 Å². The summed E-state index contributed by atoms with van der Waals surface area (Å²) in [5.41, 5.74) is 0.910. The Bertz CT molecular complexity index is 465. The number of esters is 1. The normalized spacial score (nSPS) is 18.9. The first-order chi connectivity index (χ1) is 9.72. The van der Waals surface area contributed by atoms with Gasteiger partial charge in [0.05, 0.1) is 0 Å². The van der Waals surface area contributed by atoms with E-state index < -0.39 is 12.0 Å². The highest BCUT2D eigenvalue weighted by Gasteiger charge is 2.34. The van der Waals surface area contributed by atoms with Crippen LogP contribution in [0.3, 0.4) is 0 Å². The predicted molar refractivity (Wildman–Crippen MR) is 83.5 cm³/mol. The monoisotopic (exact) mass is 388 g/mol. The number of piperazine rings is 1. The fourth-order valence-electron chi connectivity index (χ4n) is 2.04. The summed E-state index contributed by atoms with van der Waals surface area (Å²) >= 11 is 2.22. The Morgan fingerprint density at radius 3 is 2.85 bits per heavy atom. The van der Waals surface area contributed by atoms with E-state index in [1.165, 1.54) is 0 Å². The molecule has 6 heteroatoms. The quantitative estimate of drug-likeness (QED) is 0.354. The van der Waals surface area contributed by atoms with Crippen molar-refractivity contribution in [3.63, 3.8) is 0 Å². The Balaban J connectivity index is 1.90. The number of halogens is 1. The minimum Gasteiger partial charge on any atom is -0.459 e. The van der Waals surface area contributed by atoms with E-state index in [-0.39, 0.29) is 12.5 Å². The summed E-state index contributed by atoms with van der Waals surface area (Å²) < 4.78 is 6.07. The van der Waals surface area contributed by atoms with Crippen molar-refractivity contribution in [3.8, 4) is 0 Å². The SMILES string of the molecule is O=C(OCc1ccccc1)C1NCCN(CCI)C1=O. The molecule has 1 N–H and O–H groups in total. The van der Waals surface area contributed by atoms with Crippen LogP contribution in [0.15, 0.2) is 30.3 Å². The number of carbonyl (C=O) groups excluding carboxylic acids is 2. The van der Waals surface area contributed by atoms with Gasteiger partial charge in [-0.1, -0.05) is 52.9 Å². The number of amides is 1. The lowest BCUT2D eigenvalue weighted by Crippen LogP contribution is -2.58. The largest absolute Gasteiger partial charge is 0.459 e. The average Bonchev–Trinajstić information content (AvgIpc) is 2.48. The summed E-state index contributed by atoms with van der Waals surface area (Å²) in [4.78, 5) is 25.8. The first-order valence-corrected chi connectivity index (χ1v) is 8.03. The van der Waals surface area contributed by atoms with Crippen LogP contribution >= 0.6 is 22.6 Å². The van der Waals surface area contributed by atoms with Crippen LogP contribution in [-0.4, -0.2) is 46.9 Å². The van der Waals surface area contributed by atoms with Gasteiger partial charge in [-0.05, 0) is 5.56 Å². The second-order valence-electron chi connectivity index (χ2n) is 4.49. The molecule has 5 nitrogen and oxygen atoms in total. The lowest BCUT2D eigenvalue weighted by molar-refractivity contribution is -0.155. The Morgan fingerprint density at radius 2 is 2.15 bits per heavy atom. The van der Waals surface area contributed by atoms with Crippen LogP contribution in [0.4, 0.5) is 0 Å². The van der Waals surface area contributed by atoms with Gasteiger partial charge in [0, 0.05) is 24.1 Å². The maximum Gasteiger partial charge on any atom is 0.333 e. The summed E-state index contributed by atoms with van der Waals surface area (Å²) in [5.74, 6) is -0.692. The summed E-state index contributed by atoms with van der Waals surface area (Å²) in [7, 11) is 0. The van der Waals surface area contributed by atoms with Crippen molar-refractivity contribution in [2.24, 2.45) is 0 Å². The Labute approximate surface area is 131 Å². The number of carbonyl (C=O) groups is 2. The number of rotatable bonds is 5. The maximum absolute atomic E-state index is 12.1. The van der Waals surface area contributed by atoms with Crippen LogP contribution in [-0.2, 0) is 20.9 Å². The molecular formula is C14H17IN2O3. The highest BCUT2D eigenvalue weighted by atomic mass is 127. The van der Waals surface area contributed by atoms with Crippen molar-refractivity contribution in [1.82, 2.24) is 10.2 Å². The fourth-order valence-corrected chi connectivity index (χ4v) is 2.63. The minimum atomic E-state index is -0.865. The third-order valence-electron chi connectivity index (χ3n) is 3.10. The molecule has 108 valence electrons. The zero-order chi connectivity index (χ0) is 14.4. The molecule has 0 saturated carbocycles. The van der Waals surface area contributed by atoms with Gasteiger partial charge in [-0.15, -0.1) is 0 Å². The topological polar surface area (TPSA) is 58.6 Å². The van der Waals surface area contributed by atoms with Gasteiger partial charge >= 0.3 is 5.97 Å². The van der Waals surface area contributed by atoms with E-state index in [1.54, 1.807) is 4.90 Å². The molecule has 1 aliphatic heterocycles. The average molecular weight is 388 g/mol. The van der Waals surface area contributed by atoms with Crippen LogP contribution in [0.1, 0.15) is 5.56 Å². The van der Waals surface area contributed by atoms with Gasteiger partial charge in [-0.2, -0.15) is 0 Å². The predicted octanol–water partition coefficient (Wildman–Crippen LogP) is 0.965. The van der Waals surface area contributed by atoms with E-state index in [9.17, 15) is 9.59 Å². The Hall–Kier alpha value is -1.15. The molecule has 20 heavy (non-hydrogen) atoms. The van der Waals surface area contributed by atoms with E-state index in [4.69, 9.17) is 4.74 Å². The molecule has 0 bridgehead atoms. The van der Waals surface area contributed by atoms with Crippen molar-refractivity contribution < 1.29 is 14.3 Å². The Morgan fingerprint density at radius 1 is 1.40 bits per heavy atom. The summed E-state index contributed by atoms with van der Waals surface area (Å²) in [6, 6.07) is 8.57. The van der Waals surface area contributed by atoms with Crippen molar-refractivity contribution in [2.75, 3.05) is 24.1 Å². The first kappa shape index (κ1) is 15.2. The molecule has 1 fully saturated rings. The van der Waals surface area contributed by atoms with Gasteiger partial charge in [0.1, 0.15) is 6.61 Å². The molecule has 1 saturated heterocycles. The number of alkyl halides is 1. The molecule has 1 aliphatic rings. The van der Waals surface area contributed by atoms with Crippen LogP contribution < -0.4 is 5.32 Å². The van der Waals surface area contributed by atoms with E-state index in [0.717, 1.165) is 9.99 Å². The van der Waals surface area contributed by atoms with Gasteiger partial charge in [0.2, 0.25) is 0 Å². The molecule has 1 heterocycles. The number of nitrogens with one attached hydrogen (secondary N) is 1. The molecule has 0 aliphatic carbocycles. The van der Waals surface area contributed by atoms with Crippen molar-refractivity contribution >= 4 is 34.5 Å². The molecule has 1 amide bonds. The number of hydrogen-bond donors (Lipinski definition) is 1. The van der Waals surface area contributed by atoms with Crippen LogP contribution in [0.2, 0.25) is 0 Å². The Kier molecular flexibility index (Phi) is 5.78. The van der Waals surface area contributed by atoms with E-state index in [1.807, 2.05) is 30.3 Å². The first-order valence-electron chi connectivity index (χ1n) is 6.51. The third kappa shape index (κ3) is 3.92. The standard InChI is InChI=1S/C14H17IN2O3/c15-6-8-17-9-7-16-12(13(17)18)14(19)20-10-11-4-2-1-3-5-11/h1-5,12,16H,6-10H2. The van der Waals surface area contributed by atoms with Gasteiger partial charge in [0.25, 0.3) is 5.91 Å². The summed E-state index contributed by atoms with van der Waals surface area (Å²) in [5, 5.41) is 2.93. The van der Waals surface area contributed by atoms with Crippen LogP contribution in [0.25, 0.3) is 0 Å².